The lowest BCUT2D eigenvalue weighted by Gasteiger charge is -2.33. The van der Waals surface area contributed by atoms with E-state index in [1.165, 1.54) is 12.1 Å². The largest absolute Gasteiger partial charge is 0.316 e. The molecule has 2 atom stereocenters. The average molecular weight is 287 g/mol. The fraction of sp³-hybridized carbons (Fsp3) is 0.333. The van der Waals surface area contributed by atoms with Gasteiger partial charge in [0.1, 0.15) is 11.6 Å². The summed E-state index contributed by atoms with van der Waals surface area (Å²) in [6, 6.07) is 12.0. The first-order valence-electron chi connectivity index (χ1n) is 7.38. The van der Waals surface area contributed by atoms with Gasteiger partial charge in [-0.25, -0.2) is 8.78 Å². The van der Waals surface area contributed by atoms with Crippen molar-refractivity contribution in [3.8, 4) is 0 Å². The second kappa shape index (κ2) is 5.94. The van der Waals surface area contributed by atoms with E-state index < -0.39 is 0 Å². The second-order valence-electron chi connectivity index (χ2n) is 5.75. The van der Waals surface area contributed by atoms with Crippen molar-refractivity contribution < 1.29 is 8.78 Å². The summed E-state index contributed by atoms with van der Waals surface area (Å²) in [5.74, 6) is -0.405. The summed E-state index contributed by atoms with van der Waals surface area (Å²) in [5.41, 5.74) is 2.43. The summed E-state index contributed by atoms with van der Waals surface area (Å²) < 4.78 is 28.4. The van der Waals surface area contributed by atoms with Crippen LogP contribution in [0, 0.1) is 18.6 Å². The average Bonchev–Trinajstić information content (AvgIpc) is 2.50. The van der Waals surface area contributed by atoms with Crippen LogP contribution in [0.2, 0.25) is 0 Å². The molecule has 1 saturated heterocycles. The predicted molar refractivity (Wildman–Crippen MR) is 80.5 cm³/mol. The standard InChI is InChI=1S/C18H19F2N/c1-12-6-7-18(20)15(10-12)13-8-9-21-11-16(13)14-4-2-3-5-17(14)19/h2-7,10,13,16,21H,8-9,11H2,1H3. The molecule has 0 saturated carbocycles. The Balaban J connectivity index is 2.02. The Labute approximate surface area is 124 Å². The zero-order valence-corrected chi connectivity index (χ0v) is 12.1. The van der Waals surface area contributed by atoms with E-state index in [4.69, 9.17) is 0 Å². The van der Waals surface area contributed by atoms with E-state index in [9.17, 15) is 8.78 Å². The van der Waals surface area contributed by atoms with Crippen molar-refractivity contribution in [2.45, 2.75) is 25.2 Å². The Hall–Kier alpha value is -1.74. The van der Waals surface area contributed by atoms with Gasteiger partial charge in [0.25, 0.3) is 0 Å². The van der Waals surface area contributed by atoms with Crippen LogP contribution in [0.5, 0.6) is 0 Å². The lowest BCUT2D eigenvalue weighted by atomic mass is 9.77. The van der Waals surface area contributed by atoms with E-state index in [-0.39, 0.29) is 23.5 Å². The maximum absolute atomic E-state index is 14.2. The summed E-state index contributed by atoms with van der Waals surface area (Å²) in [5, 5.41) is 3.31. The number of halogens is 2. The van der Waals surface area contributed by atoms with Crippen LogP contribution in [0.4, 0.5) is 8.78 Å². The third-order valence-corrected chi connectivity index (χ3v) is 4.34. The van der Waals surface area contributed by atoms with Gasteiger partial charge in [-0.3, -0.25) is 0 Å². The molecule has 21 heavy (non-hydrogen) atoms. The summed E-state index contributed by atoms with van der Waals surface area (Å²) in [6.45, 7) is 3.48. The first kappa shape index (κ1) is 14.2. The van der Waals surface area contributed by atoms with E-state index in [2.05, 4.69) is 5.32 Å². The van der Waals surface area contributed by atoms with Gasteiger partial charge < -0.3 is 5.32 Å². The number of aryl methyl sites for hydroxylation is 1. The van der Waals surface area contributed by atoms with Crippen molar-refractivity contribution in [3.05, 3.63) is 70.8 Å². The van der Waals surface area contributed by atoms with Crippen LogP contribution in [0.1, 0.15) is 34.9 Å². The quantitative estimate of drug-likeness (QED) is 0.875. The first-order chi connectivity index (χ1) is 10.2. The highest BCUT2D eigenvalue weighted by atomic mass is 19.1. The van der Waals surface area contributed by atoms with Crippen molar-refractivity contribution in [1.29, 1.82) is 0 Å². The maximum Gasteiger partial charge on any atom is 0.126 e. The van der Waals surface area contributed by atoms with Crippen molar-refractivity contribution in [1.82, 2.24) is 5.32 Å². The molecule has 1 aliphatic heterocycles. The van der Waals surface area contributed by atoms with Crippen LogP contribution < -0.4 is 5.32 Å². The number of hydrogen-bond donors (Lipinski definition) is 1. The Morgan fingerprint density at radius 2 is 1.71 bits per heavy atom. The number of benzene rings is 2. The third kappa shape index (κ3) is 2.84. The molecular weight excluding hydrogens is 268 g/mol. The van der Waals surface area contributed by atoms with Crippen LogP contribution in [0.3, 0.4) is 0 Å². The van der Waals surface area contributed by atoms with Crippen molar-refractivity contribution in [2.75, 3.05) is 13.1 Å². The molecule has 0 radical (unpaired) electrons. The molecule has 2 aromatic carbocycles. The van der Waals surface area contributed by atoms with Gasteiger partial charge in [-0.2, -0.15) is 0 Å². The normalized spacial score (nSPS) is 22.2. The predicted octanol–water partition coefficient (Wildman–Crippen LogP) is 4.13. The van der Waals surface area contributed by atoms with Gasteiger partial charge in [0.15, 0.2) is 0 Å². The Morgan fingerprint density at radius 3 is 2.52 bits per heavy atom. The smallest absolute Gasteiger partial charge is 0.126 e. The number of nitrogens with one attached hydrogen (secondary N) is 1. The molecule has 1 fully saturated rings. The Bertz CT molecular complexity index is 639. The summed E-state index contributed by atoms with van der Waals surface area (Å²) in [7, 11) is 0. The van der Waals surface area contributed by atoms with Crippen LogP contribution in [-0.2, 0) is 0 Å². The zero-order valence-electron chi connectivity index (χ0n) is 12.1. The highest BCUT2D eigenvalue weighted by molar-refractivity contribution is 5.33. The molecule has 1 heterocycles. The van der Waals surface area contributed by atoms with Crippen molar-refractivity contribution in [3.63, 3.8) is 0 Å². The van der Waals surface area contributed by atoms with Crippen LogP contribution >= 0.6 is 0 Å². The molecule has 2 unspecified atom stereocenters. The van der Waals surface area contributed by atoms with E-state index >= 15 is 0 Å². The van der Waals surface area contributed by atoms with E-state index in [1.54, 1.807) is 12.1 Å². The van der Waals surface area contributed by atoms with Gasteiger partial charge in [-0.1, -0.05) is 35.9 Å². The molecule has 0 aromatic heterocycles. The monoisotopic (exact) mass is 287 g/mol. The SMILES string of the molecule is Cc1ccc(F)c(C2CCNCC2c2ccccc2F)c1. The van der Waals surface area contributed by atoms with Gasteiger partial charge >= 0.3 is 0 Å². The van der Waals surface area contributed by atoms with Gasteiger partial charge in [-0.05, 0) is 49.1 Å². The molecule has 3 rings (SSSR count). The summed E-state index contributed by atoms with van der Waals surface area (Å²) >= 11 is 0. The van der Waals surface area contributed by atoms with E-state index in [0.29, 0.717) is 17.7 Å². The fourth-order valence-electron chi connectivity index (χ4n) is 3.28. The number of rotatable bonds is 2. The number of hydrogen-bond acceptors (Lipinski definition) is 1. The molecule has 0 aliphatic carbocycles. The molecule has 1 aliphatic rings. The zero-order chi connectivity index (χ0) is 14.8. The lowest BCUT2D eigenvalue weighted by Crippen LogP contribution is -2.34. The fourth-order valence-corrected chi connectivity index (χ4v) is 3.28. The highest BCUT2D eigenvalue weighted by Gasteiger charge is 2.31. The van der Waals surface area contributed by atoms with E-state index in [0.717, 1.165) is 18.5 Å². The highest BCUT2D eigenvalue weighted by Crippen LogP contribution is 2.39. The maximum atomic E-state index is 14.2. The molecule has 0 spiro atoms. The van der Waals surface area contributed by atoms with Crippen LogP contribution in [0.15, 0.2) is 42.5 Å². The van der Waals surface area contributed by atoms with Crippen molar-refractivity contribution >= 4 is 0 Å². The summed E-state index contributed by atoms with van der Waals surface area (Å²) in [4.78, 5) is 0. The molecule has 110 valence electrons. The van der Waals surface area contributed by atoms with Gasteiger partial charge in [0.2, 0.25) is 0 Å². The first-order valence-corrected chi connectivity index (χ1v) is 7.38. The minimum Gasteiger partial charge on any atom is -0.316 e. The minimum atomic E-state index is -0.204. The van der Waals surface area contributed by atoms with Gasteiger partial charge in [0.05, 0.1) is 0 Å². The molecule has 2 aromatic rings. The van der Waals surface area contributed by atoms with Crippen LogP contribution in [-0.4, -0.2) is 13.1 Å². The second-order valence-corrected chi connectivity index (χ2v) is 5.75. The third-order valence-electron chi connectivity index (χ3n) is 4.34. The number of piperidine rings is 1. The molecule has 1 N–H and O–H groups in total. The van der Waals surface area contributed by atoms with E-state index in [1.807, 2.05) is 25.1 Å². The van der Waals surface area contributed by atoms with Gasteiger partial charge in [-0.15, -0.1) is 0 Å². The Morgan fingerprint density at radius 1 is 0.952 bits per heavy atom. The molecule has 0 bridgehead atoms. The Kier molecular flexibility index (Phi) is 4.02. The van der Waals surface area contributed by atoms with Crippen LogP contribution in [0.25, 0.3) is 0 Å². The molecule has 0 amide bonds. The topological polar surface area (TPSA) is 12.0 Å². The van der Waals surface area contributed by atoms with Crippen molar-refractivity contribution in [2.24, 2.45) is 0 Å². The summed E-state index contributed by atoms with van der Waals surface area (Å²) in [6.07, 6.45) is 0.819. The van der Waals surface area contributed by atoms with Gasteiger partial charge in [0, 0.05) is 12.5 Å². The molecule has 3 heteroatoms. The lowest BCUT2D eigenvalue weighted by molar-refractivity contribution is 0.384. The molecular formula is C18H19F2N. The minimum absolute atomic E-state index is 0.0167. The molecule has 1 nitrogen and oxygen atoms in total.